The van der Waals surface area contributed by atoms with Crippen molar-refractivity contribution in [3.05, 3.63) is 58.6 Å². The largest absolute Gasteiger partial charge is 0.493 e. The van der Waals surface area contributed by atoms with E-state index < -0.39 is 0 Å². The zero-order valence-corrected chi connectivity index (χ0v) is 16.5. The summed E-state index contributed by atoms with van der Waals surface area (Å²) < 4.78 is 11.9. The van der Waals surface area contributed by atoms with Gasteiger partial charge in [0.2, 0.25) is 5.88 Å². The first-order valence-corrected chi connectivity index (χ1v) is 9.65. The molecule has 0 unspecified atom stereocenters. The molecule has 0 bridgehead atoms. The van der Waals surface area contributed by atoms with Crippen LogP contribution in [0.2, 0.25) is 0 Å². The highest BCUT2D eigenvalue weighted by atomic mass is 79.9. The summed E-state index contributed by atoms with van der Waals surface area (Å²) in [5.74, 6) is 1.27. The van der Waals surface area contributed by atoms with E-state index in [1.54, 1.807) is 18.2 Å². The predicted molar refractivity (Wildman–Crippen MR) is 105 cm³/mol. The zero-order chi connectivity index (χ0) is 18.5. The Kier molecular flexibility index (Phi) is 5.90. The molecule has 3 aromatic rings. The number of nitrogens with zero attached hydrogens (tertiary/aromatic N) is 2. The molecule has 0 atom stereocenters. The Labute approximate surface area is 163 Å². The number of hydrogen-bond donors (Lipinski definition) is 0. The third kappa shape index (κ3) is 4.05. The van der Waals surface area contributed by atoms with Gasteiger partial charge in [0.05, 0.1) is 17.3 Å². The Morgan fingerprint density at radius 1 is 1.12 bits per heavy atom. The summed E-state index contributed by atoms with van der Waals surface area (Å²) in [6.07, 6.45) is 2.66. The summed E-state index contributed by atoms with van der Waals surface area (Å²) in [7, 11) is 1.52. The quantitative estimate of drug-likeness (QED) is 0.302. The molecule has 26 heavy (non-hydrogen) atoms. The lowest BCUT2D eigenvalue weighted by Crippen LogP contribution is -1.98. The van der Waals surface area contributed by atoms with Crippen LogP contribution in [0.25, 0.3) is 11.3 Å². The highest BCUT2D eigenvalue weighted by molar-refractivity contribution is 9.10. The summed E-state index contributed by atoms with van der Waals surface area (Å²) >= 11 is 4.85. The first-order valence-electron chi connectivity index (χ1n) is 7.63. The molecule has 0 aliphatic rings. The molecule has 0 saturated heterocycles. The zero-order valence-electron chi connectivity index (χ0n) is 14.1. The lowest BCUT2D eigenvalue weighted by molar-refractivity contribution is 0.112. The van der Waals surface area contributed by atoms with E-state index in [9.17, 15) is 4.79 Å². The van der Waals surface area contributed by atoms with Crippen molar-refractivity contribution in [1.82, 2.24) is 9.97 Å². The van der Waals surface area contributed by atoms with Gasteiger partial charge in [-0.15, -0.1) is 0 Å². The minimum absolute atomic E-state index is 0.390. The van der Waals surface area contributed by atoms with Crippen molar-refractivity contribution in [2.75, 3.05) is 13.4 Å². The van der Waals surface area contributed by atoms with Gasteiger partial charge in [0.15, 0.2) is 16.7 Å². The molecule has 0 amide bonds. The van der Waals surface area contributed by atoms with Crippen LogP contribution in [-0.2, 0) is 0 Å². The molecule has 1 aromatic heterocycles. The second kappa shape index (κ2) is 8.33. The van der Waals surface area contributed by atoms with E-state index in [1.807, 2.05) is 36.6 Å². The lowest BCUT2D eigenvalue weighted by atomic mass is 10.1. The highest BCUT2D eigenvalue weighted by Crippen LogP contribution is 2.39. The molecule has 0 N–H and O–H groups in total. The minimum atomic E-state index is 0.390. The molecule has 0 aliphatic carbocycles. The molecular formula is C19H15BrN2O3S. The van der Waals surface area contributed by atoms with Crippen LogP contribution in [0.4, 0.5) is 0 Å². The Hall–Kier alpha value is -2.38. The van der Waals surface area contributed by atoms with Gasteiger partial charge in [-0.2, -0.15) is 4.98 Å². The number of aldehydes is 1. The molecule has 0 radical (unpaired) electrons. The van der Waals surface area contributed by atoms with Crippen LogP contribution < -0.4 is 9.47 Å². The van der Waals surface area contributed by atoms with E-state index in [1.165, 1.54) is 18.9 Å². The Morgan fingerprint density at radius 2 is 1.88 bits per heavy atom. The normalized spacial score (nSPS) is 10.4. The molecule has 132 valence electrons. The lowest BCUT2D eigenvalue weighted by Gasteiger charge is -2.13. The molecule has 0 spiro atoms. The van der Waals surface area contributed by atoms with Crippen molar-refractivity contribution in [1.29, 1.82) is 0 Å². The molecule has 0 fully saturated rings. The number of carbonyl (C=O) groups excluding carboxylic acids is 1. The van der Waals surface area contributed by atoms with Crippen LogP contribution in [0.3, 0.4) is 0 Å². The average Bonchev–Trinajstić information content (AvgIpc) is 2.69. The van der Waals surface area contributed by atoms with Crippen molar-refractivity contribution < 1.29 is 14.3 Å². The van der Waals surface area contributed by atoms with Gasteiger partial charge in [0, 0.05) is 17.2 Å². The van der Waals surface area contributed by atoms with Crippen molar-refractivity contribution in [2.24, 2.45) is 0 Å². The van der Waals surface area contributed by atoms with Gasteiger partial charge in [-0.25, -0.2) is 4.98 Å². The summed E-state index contributed by atoms with van der Waals surface area (Å²) in [4.78, 5) is 20.0. The maximum absolute atomic E-state index is 11.0. The van der Waals surface area contributed by atoms with E-state index in [0.717, 1.165) is 17.5 Å². The summed E-state index contributed by atoms with van der Waals surface area (Å²) in [6.45, 7) is 0. The maximum atomic E-state index is 11.0. The predicted octanol–water partition coefficient (Wildman–Crippen LogP) is 5.24. The Balaban J connectivity index is 2.04. The van der Waals surface area contributed by atoms with E-state index in [0.29, 0.717) is 32.6 Å². The first kappa shape index (κ1) is 18.4. The summed E-state index contributed by atoms with van der Waals surface area (Å²) in [6, 6.07) is 14.9. The number of halogens is 1. The maximum Gasteiger partial charge on any atom is 0.224 e. The average molecular weight is 431 g/mol. The standard InChI is InChI=1S/C19H15BrN2O3S/c1-24-16-9-12(11-23)8-14(20)18(16)25-17-10-15(21-19(22-17)26-2)13-6-4-3-5-7-13/h3-11H,1-2H3. The second-order valence-electron chi connectivity index (χ2n) is 5.20. The number of rotatable bonds is 6. The molecule has 3 rings (SSSR count). The first-order chi connectivity index (χ1) is 12.6. The molecule has 1 heterocycles. The number of ether oxygens (including phenoxy) is 2. The van der Waals surface area contributed by atoms with E-state index >= 15 is 0 Å². The van der Waals surface area contributed by atoms with Crippen LogP contribution >= 0.6 is 27.7 Å². The van der Waals surface area contributed by atoms with Gasteiger partial charge < -0.3 is 9.47 Å². The third-order valence-corrected chi connectivity index (χ3v) is 4.67. The molecule has 7 heteroatoms. The van der Waals surface area contributed by atoms with Crippen LogP contribution in [0.1, 0.15) is 10.4 Å². The van der Waals surface area contributed by atoms with Crippen molar-refractivity contribution in [2.45, 2.75) is 5.16 Å². The number of aromatic nitrogens is 2. The Bertz CT molecular complexity index is 936. The summed E-state index contributed by atoms with van der Waals surface area (Å²) in [5, 5.41) is 0.598. The fraction of sp³-hybridized carbons (Fsp3) is 0.105. The Morgan fingerprint density at radius 3 is 2.54 bits per heavy atom. The molecule has 0 saturated carbocycles. The van der Waals surface area contributed by atoms with Gasteiger partial charge in [0.1, 0.15) is 6.29 Å². The fourth-order valence-electron chi connectivity index (χ4n) is 2.32. The number of methoxy groups -OCH3 is 1. The van der Waals surface area contributed by atoms with Crippen molar-refractivity contribution >= 4 is 34.0 Å². The number of carbonyl (C=O) groups is 1. The SMILES string of the molecule is COc1cc(C=O)cc(Br)c1Oc1cc(-c2ccccc2)nc(SC)n1. The third-order valence-electron chi connectivity index (χ3n) is 3.53. The van der Waals surface area contributed by atoms with Crippen LogP contribution in [0.15, 0.2) is 58.2 Å². The van der Waals surface area contributed by atoms with E-state index in [2.05, 4.69) is 25.9 Å². The molecule has 5 nitrogen and oxygen atoms in total. The van der Waals surface area contributed by atoms with Crippen molar-refractivity contribution in [3.8, 4) is 28.6 Å². The van der Waals surface area contributed by atoms with Crippen LogP contribution in [0.5, 0.6) is 17.4 Å². The summed E-state index contributed by atoms with van der Waals surface area (Å²) in [5.41, 5.74) is 2.22. The van der Waals surface area contributed by atoms with Gasteiger partial charge in [-0.3, -0.25) is 4.79 Å². The van der Waals surface area contributed by atoms with Crippen molar-refractivity contribution in [3.63, 3.8) is 0 Å². The molecule has 0 aliphatic heterocycles. The van der Waals surface area contributed by atoms with Crippen LogP contribution in [-0.4, -0.2) is 29.6 Å². The minimum Gasteiger partial charge on any atom is -0.493 e. The van der Waals surface area contributed by atoms with Gasteiger partial charge in [0.25, 0.3) is 0 Å². The smallest absolute Gasteiger partial charge is 0.224 e. The van der Waals surface area contributed by atoms with E-state index in [-0.39, 0.29) is 0 Å². The number of thioether (sulfide) groups is 1. The molecular weight excluding hydrogens is 416 g/mol. The number of hydrogen-bond acceptors (Lipinski definition) is 6. The van der Waals surface area contributed by atoms with Gasteiger partial charge in [-0.1, -0.05) is 42.1 Å². The van der Waals surface area contributed by atoms with Gasteiger partial charge in [-0.05, 0) is 34.3 Å². The second-order valence-corrected chi connectivity index (χ2v) is 6.83. The number of benzene rings is 2. The monoisotopic (exact) mass is 430 g/mol. The molecule has 2 aromatic carbocycles. The fourth-order valence-corrected chi connectivity index (χ4v) is 3.23. The van der Waals surface area contributed by atoms with E-state index in [4.69, 9.17) is 9.47 Å². The topological polar surface area (TPSA) is 61.3 Å². The van der Waals surface area contributed by atoms with Crippen LogP contribution in [0, 0.1) is 0 Å². The van der Waals surface area contributed by atoms with Gasteiger partial charge >= 0.3 is 0 Å². The highest BCUT2D eigenvalue weighted by Gasteiger charge is 2.15.